The molecule has 4 heteroatoms. The number of nitrogen functional groups attached to an aromatic ring is 1. The summed E-state index contributed by atoms with van der Waals surface area (Å²) in [6, 6.07) is 1.12. The normalized spacial score (nSPS) is 9.56. The van der Waals surface area contributed by atoms with E-state index in [-0.39, 0.29) is 10.8 Å². The minimum absolute atomic E-state index is 0.136. The van der Waals surface area contributed by atoms with Crippen molar-refractivity contribution in [1.29, 1.82) is 0 Å². The third-order valence-corrected chi connectivity index (χ3v) is 1.15. The van der Waals surface area contributed by atoms with Crippen LogP contribution in [-0.4, -0.2) is 4.98 Å². The first-order valence-corrected chi connectivity index (χ1v) is 2.64. The maximum absolute atomic E-state index is 12.1. The third-order valence-electron chi connectivity index (χ3n) is 0.833. The van der Waals surface area contributed by atoms with Crippen LogP contribution < -0.4 is 5.73 Å². The minimum Gasteiger partial charge on any atom is -0.396 e. The van der Waals surface area contributed by atoms with Crippen LogP contribution in [-0.2, 0) is 0 Å². The van der Waals surface area contributed by atoms with Crippen LogP contribution in [0.25, 0.3) is 0 Å². The molecular weight excluding hydrogens is 143 g/mol. The Balaban J connectivity index is 3.17. The molecule has 0 saturated carbocycles. The molecule has 0 saturated heterocycles. The molecule has 1 rings (SSSR count). The Bertz CT molecular complexity index is 226. The molecule has 9 heavy (non-hydrogen) atoms. The van der Waals surface area contributed by atoms with Gasteiger partial charge in [-0.25, -0.2) is 9.37 Å². The first-order chi connectivity index (χ1) is 4.20. The highest BCUT2D eigenvalue weighted by molar-refractivity contribution is 6.31. The van der Waals surface area contributed by atoms with E-state index < -0.39 is 5.82 Å². The molecular formula is C5H4ClFN2. The Morgan fingerprint density at radius 1 is 1.67 bits per heavy atom. The zero-order valence-corrected chi connectivity index (χ0v) is 5.19. The topological polar surface area (TPSA) is 38.9 Å². The van der Waals surface area contributed by atoms with Gasteiger partial charge in [0.1, 0.15) is 5.82 Å². The quantitative estimate of drug-likeness (QED) is 0.563. The minimum atomic E-state index is -0.475. The predicted molar refractivity (Wildman–Crippen MR) is 33.6 cm³/mol. The third kappa shape index (κ3) is 1.29. The van der Waals surface area contributed by atoms with Crippen molar-refractivity contribution in [2.24, 2.45) is 0 Å². The van der Waals surface area contributed by atoms with E-state index in [0.717, 1.165) is 12.3 Å². The summed E-state index contributed by atoms with van der Waals surface area (Å²) in [4.78, 5) is 3.44. The fourth-order valence-corrected chi connectivity index (χ4v) is 0.542. The fraction of sp³-hybridized carbons (Fsp3) is 0. The average Bonchev–Trinajstić information content (AvgIpc) is 1.80. The van der Waals surface area contributed by atoms with E-state index in [0.29, 0.717) is 0 Å². The van der Waals surface area contributed by atoms with Crippen molar-refractivity contribution in [1.82, 2.24) is 4.98 Å². The summed E-state index contributed by atoms with van der Waals surface area (Å²) in [5.41, 5.74) is 5.35. The van der Waals surface area contributed by atoms with Crippen LogP contribution in [0.3, 0.4) is 0 Å². The Hall–Kier alpha value is -0.830. The number of anilines is 1. The summed E-state index contributed by atoms with van der Waals surface area (Å²) in [7, 11) is 0. The van der Waals surface area contributed by atoms with Crippen molar-refractivity contribution in [3.8, 4) is 0 Å². The number of halogens is 2. The van der Waals surface area contributed by atoms with Gasteiger partial charge in [0.2, 0.25) is 0 Å². The monoisotopic (exact) mass is 146 g/mol. The van der Waals surface area contributed by atoms with Crippen LogP contribution in [0.1, 0.15) is 0 Å². The van der Waals surface area contributed by atoms with Gasteiger partial charge >= 0.3 is 0 Å². The van der Waals surface area contributed by atoms with Gasteiger partial charge in [-0.05, 0) is 0 Å². The SMILES string of the molecule is Nc1cc(F)cnc1Cl. The second-order valence-corrected chi connectivity index (χ2v) is 1.89. The van der Waals surface area contributed by atoms with Crippen molar-refractivity contribution >= 4 is 17.3 Å². The molecule has 0 fully saturated rings. The van der Waals surface area contributed by atoms with Gasteiger partial charge in [-0.15, -0.1) is 0 Å². The molecule has 0 spiro atoms. The Morgan fingerprint density at radius 2 is 2.33 bits per heavy atom. The van der Waals surface area contributed by atoms with Crippen LogP contribution in [0.15, 0.2) is 12.3 Å². The number of pyridine rings is 1. The van der Waals surface area contributed by atoms with Gasteiger partial charge in [0, 0.05) is 6.07 Å². The van der Waals surface area contributed by atoms with Crippen molar-refractivity contribution in [3.63, 3.8) is 0 Å². The average molecular weight is 147 g/mol. The maximum Gasteiger partial charge on any atom is 0.152 e. The van der Waals surface area contributed by atoms with E-state index in [4.69, 9.17) is 17.3 Å². The van der Waals surface area contributed by atoms with Crippen molar-refractivity contribution in [2.75, 3.05) is 5.73 Å². The first kappa shape index (κ1) is 6.29. The van der Waals surface area contributed by atoms with Crippen molar-refractivity contribution in [2.45, 2.75) is 0 Å². The molecule has 0 aliphatic heterocycles. The molecule has 0 aliphatic carbocycles. The molecule has 0 unspecified atom stereocenters. The second-order valence-electron chi connectivity index (χ2n) is 1.53. The molecule has 0 aromatic carbocycles. The van der Waals surface area contributed by atoms with Gasteiger partial charge in [0.15, 0.2) is 5.15 Å². The Morgan fingerprint density at radius 3 is 2.78 bits per heavy atom. The van der Waals surface area contributed by atoms with Crippen LogP contribution in [0, 0.1) is 5.82 Å². The predicted octanol–water partition coefficient (Wildman–Crippen LogP) is 1.46. The van der Waals surface area contributed by atoms with E-state index in [1.165, 1.54) is 0 Å². The van der Waals surface area contributed by atoms with Crippen LogP contribution in [0.2, 0.25) is 5.15 Å². The zero-order chi connectivity index (χ0) is 6.85. The van der Waals surface area contributed by atoms with Gasteiger partial charge in [-0.2, -0.15) is 0 Å². The van der Waals surface area contributed by atoms with Gasteiger partial charge in [-0.1, -0.05) is 11.6 Å². The highest BCUT2D eigenvalue weighted by atomic mass is 35.5. The Kier molecular flexibility index (Phi) is 1.53. The van der Waals surface area contributed by atoms with Crippen LogP contribution in [0.5, 0.6) is 0 Å². The second kappa shape index (κ2) is 2.19. The van der Waals surface area contributed by atoms with Crippen LogP contribution >= 0.6 is 11.6 Å². The molecule has 48 valence electrons. The van der Waals surface area contributed by atoms with E-state index in [2.05, 4.69) is 4.98 Å². The van der Waals surface area contributed by atoms with Gasteiger partial charge in [0.25, 0.3) is 0 Å². The number of hydrogen-bond acceptors (Lipinski definition) is 2. The standard InChI is InChI=1S/C5H4ClFN2/c6-5-4(8)1-3(7)2-9-5/h1-2H,8H2. The molecule has 1 aromatic heterocycles. The number of rotatable bonds is 0. The lowest BCUT2D eigenvalue weighted by molar-refractivity contribution is 0.622. The Labute approximate surface area is 56.5 Å². The zero-order valence-electron chi connectivity index (χ0n) is 4.44. The highest BCUT2D eigenvalue weighted by Gasteiger charge is 1.96. The van der Waals surface area contributed by atoms with E-state index in [1.54, 1.807) is 0 Å². The van der Waals surface area contributed by atoms with Crippen molar-refractivity contribution in [3.05, 3.63) is 23.2 Å². The van der Waals surface area contributed by atoms with Gasteiger partial charge in [-0.3, -0.25) is 0 Å². The van der Waals surface area contributed by atoms with E-state index >= 15 is 0 Å². The largest absolute Gasteiger partial charge is 0.396 e. The number of nitrogens with zero attached hydrogens (tertiary/aromatic N) is 1. The van der Waals surface area contributed by atoms with Gasteiger partial charge in [0.05, 0.1) is 11.9 Å². The van der Waals surface area contributed by atoms with E-state index in [9.17, 15) is 4.39 Å². The molecule has 0 radical (unpaired) electrons. The van der Waals surface area contributed by atoms with Crippen molar-refractivity contribution < 1.29 is 4.39 Å². The molecule has 2 nitrogen and oxygen atoms in total. The first-order valence-electron chi connectivity index (χ1n) is 2.26. The molecule has 0 amide bonds. The fourth-order valence-electron chi connectivity index (χ4n) is 0.438. The lowest BCUT2D eigenvalue weighted by atomic mass is 10.4. The maximum atomic E-state index is 12.1. The lowest BCUT2D eigenvalue weighted by Gasteiger charge is -1.93. The molecule has 1 aromatic rings. The number of aromatic nitrogens is 1. The summed E-state index contributed by atoms with van der Waals surface area (Å²) in [5.74, 6) is -0.475. The van der Waals surface area contributed by atoms with E-state index in [1.807, 2.05) is 0 Å². The van der Waals surface area contributed by atoms with Gasteiger partial charge < -0.3 is 5.73 Å². The molecule has 0 bridgehead atoms. The highest BCUT2D eigenvalue weighted by Crippen LogP contribution is 2.14. The number of hydrogen-bond donors (Lipinski definition) is 1. The molecule has 0 atom stereocenters. The summed E-state index contributed by atoms with van der Waals surface area (Å²) >= 11 is 5.38. The molecule has 2 N–H and O–H groups in total. The summed E-state index contributed by atoms with van der Waals surface area (Å²) < 4.78 is 12.1. The lowest BCUT2D eigenvalue weighted by Crippen LogP contribution is -1.89. The number of nitrogens with two attached hydrogens (primary N) is 1. The molecule has 1 heterocycles. The van der Waals surface area contributed by atoms with Crippen LogP contribution in [0.4, 0.5) is 10.1 Å². The molecule has 0 aliphatic rings. The smallest absolute Gasteiger partial charge is 0.152 e. The summed E-state index contributed by atoms with van der Waals surface area (Å²) in [5, 5.41) is 0.136. The summed E-state index contributed by atoms with van der Waals surface area (Å²) in [6.45, 7) is 0. The summed E-state index contributed by atoms with van der Waals surface area (Å²) in [6.07, 6.45) is 1.01.